The molecule has 0 unspecified atom stereocenters. The summed E-state index contributed by atoms with van der Waals surface area (Å²) in [5.74, 6) is -0.0473. The SMILES string of the molecule is CN1CCC/C1=N\S(=O)(=O)c1ccc(NC(=O)CNS(=O)(=O)c2cccs2)cc1. The quantitative estimate of drug-likeness (QED) is 0.650. The molecular weight excluding hydrogens is 436 g/mol. The van der Waals surface area contributed by atoms with E-state index in [1.54, 1.807) is 18.5 Å². The van der Waals surface area contributed by atoms with Crippen LogP contribution in [0.1, 0.15) is 12.8 Å². The molecule has 0 bridgehead atoms. The highest BCUT2D eigenvalue weighted by Crippen LogP contribution is 2.19. The number of carbonyl (C=O) groups is 1. The Morgan fingerprint density at radius 1 is 1.17 bits per heavy atom. The second-order valence-electron chi connectivity index (χ2n) is 6.34. The smallest absolute Gasteiger partial charge is 0.283 e. The zero-order chi connectivity index (χ0) is 21.1. The van der Waals surface area contributed by atoms with Crippen molar-refractivity contribution in [1.82, 2.24) is 9.62 Å². The molecule has 1 fully saturated rings. The number of amidine groups is 1. The van der Waals surface area contributed by atoms with Crippen molar-refractivity contribution in [1.29, 1.82) is 0 Å². The van der Waals surface area contributed by atoms with Crippen LogP contribution >= 0.6 is 11.3 Å². The minimum Gasteiger partial charge on any atom is -0.362 e. The number of hydrogen-bond donors (Lipinski definition) is 2. The van der Waals surface area contributed by atoms with E-state index in [0.29, 0.717) is 17.9 Å². The summed E-state index contributed by atoms with van der Waals surface area (Å²) in [5, 5.41) is 4.14. The second kappa shape index (κ2) is 8.61. The van der Waals surface area contributed by atoms with E-state index >= 15 is 0 Å². The third kappa shape index (κ3) is 5.41. The molecule has 0 spiro atoms. The Labute approximate surface area is 173 Å². The van der Waals surface area contributed by atoms with Crippen LogP contribution in [0.25, 0.3) is 0 Å². The van der Waals surface area contributed by atoms with E-state index in [9.17, 15) is 21.6 Å². The molecule has 0 radical (unpaired) electrons. The third-order valence-electron chi connectivity index (χ3n) is 4.18. The van der Waals surface area contributed by atoms with Gasteiger partial charge in [0.25, 0.3) is 20.0 Å². The molecule has 2 N–H and O–H groups in total. The fraction of sp³-hybridized carbons (Fsp3) is 0.294. The largest absolute Gasteiger partial charge is 0.362 e. The lowest BCUT2D eigenvalue weighted by Gasteiger charge is -2.11. The Bertz CT molecular complexity index is 1110. The molecule has 0 aliphatic carbocycles. The molecule has 1 aromatic heterocycles. The van der Waals surface area contributed by atoms with Gasteiger partial charge in [-0.2, -0.15) is 8.42 Å². The van der Waals surface area contributed by atoms with Gasteiger partial charge in [0.1, 0.15) is 10.0 Å². The molecule has 3 rings (SSSR count). The summed E-state index contributed by atoms with van der Waals surface area (Å²) < 4.78 is 55.1. The van der Waals surface area contributed by atoms with Gasteiger partial charge in [0.05, 0.1) is 11.4 Å². The Kier molecular flexibility index (Phi) is 6.36. The molecule has 156 valence electrons. The van der Waals surface area contributed by atoms with Gasteiger partial charge >= 0.3 is 0 Å². The zero-order valence-corrected chi connectivity index (χ0v) is 18.0. The first kappa shape index (κ1) is 21.4. The normalized spacial score (nSPS) is 16.3. The summed E-state index contributed by atoms with van der Waals surface area (Å²) in [5.41, 5.74) is 0.343. The third-order valence-corrected chi connectivity index (χ3v) is 8.30. The highest BCUT2D eigenvalue weighted by Gasteiger charge is 2.20. The van der Waals surface area contributed by atoms with Gasteiger partial charge in [-0.3, -0.25) is 4.79 Å². The van der Waals surface area contributed by atoms with Crippen molar-refractivity contribution in [3.8, 4) is 0 Å². The van der Waals surface area contributed by atoms with Crippen LogP contribution in [-0.2, 0) is 24.8 Å². The maximum absolute atomic E-state index is 12.4. The molecule has 0 atom stereocenters. The Balaban J connectivity index is 1.61. The predicted molar refractivity (Wildman–Crippen MR) is 111 cm³/mol. The molecule has 29 heavy (non-hydrogen) atoms. The first-order chi connectivity index (χ1) is 13.7. The summed E-state index contributed by atoms with van der Waals surface area (Å²) >= 11 is 1.05. The summed E-state index contributed by atoms with van der Waals surface area (Å²) in [4.78, 5) is 13.8. The van der Waals surface area contributed by atoms with Crippen LogP contribution in [0.2, 0.25) is 0 Å². The van der Waals surface area contributed by atoms with Crippen LogP contribution in [0.4, 0.5) is 5.69 Å². The van der Waals surface area contributed by atoms with Crippen molar-refractivity contribution >= 4 is 48.8 Å². The average molecular weight is 457 g/mol. The van der Waals surface area contributed by atoms with Gasteiger partial charge in [0, 0.05) is 25.7 Å². The Morgan fingerprint density at radius 2 is 1.90 bits per heavy atom. The molecule has 1 aliphatic heterocycles. The number of hydrogen-bond acceptors (Lipinski definition) is 6. The lowest BCUT2D eigenvalue weighted by atomic mass is 10.3. The molecule has 9 nitrogen and oxygen atoms in total. The Hall–Kier alpha value is -2.28. The van der Waals surface area contributed by atoms with E-state index in [1.165, 1.54) is 30.3 Å². The van der Waals surface area contributed by atoms with Gasteiger partial charge < -0.3 is 10.2 Å². The topological polar surface area (TPSA) is 125 Å². The maximum Gasteiger partial charge on any atom is 0.283 e. The lowest BCUT2D eigenvalue weighted by Crippen LogP contribution is -2.32. The minimum absolute atomic E-state index is 0.0155. The molecule has 0 saturated carbocycles. The number of sulfonamides is 2. The summed E-state index contributed by atoms with van der Waals surface area (Å²) in [6.45, 7) is 0.329. The van der Waals surface area contributed by atoms with Crippen molar-refractivity contribution in [2.75, 3.05) is 25.5 Å². The molecule has 1 amide bonds. The first-order valence-corrected chi connectivity index (χ1v) is 12.5. The number of rotatable bonds is 7. The van der Waals surface area contributed by atoms with Crippen molar-refractivity contribution in [3.05, 3.63) is 41.8 Å². The molecule has 2 aromatic rings. The Morgan fingerprint density at radius 3 is 2.48 bits per heavy atom. The highest BCUT2D eigenvalue weighted by molar-refractivity contribution is 7.91. The van der Waals surface area contributed by atoms with E-state index in [-0.39, 0.29) is 9.10 Å². The standard InChI is InChI=1S/C17H20N4O5S3/c1-21-10-2-4-15(21)20-28(23,24)14-8-6-13(7-9-14)19-16(22)12-18-29(25,26)17-5-3-11-27-17/h3,5-9,11,18H,2,4,10,12H2,1H3,(H,19,22)/b20-15+. The zero-order valence-electron chi connectivity index (χ0n) is 15.5. The number of anilines is 1. The summed E-state index contributed by atoms with van der Waals surface area (Å²) in [6.07, 6.45) is 1.48. The number of thiophene rings is 1. The summed E-state index contributed by atoms with van der Waals surface area (Å²) in [7, 11) is -5.77. The van der Waals surface area contributed by atoms with Gasteiger partial charge in [0.15, 0.2) is 0 Å². The number of nitrogens with zero attached hydrogens (tertiary/aromatic N) is 2. The van der Waals surface area contributed by atoms with Crippen molar-refractivity contribution in [2.24, 2.45) is 4.40 Å². The van der Waals surface area contributed by atoms with Gasteiger partial charge in [-0.25, -0.2) is 13.1 Å². The van der Waals surface area contributed by atoms with Gasteiger partial charge in [-0.1, -0.05) is 6.07 Å². The average Bonchev–Trinajstić information content (AvgIpc) is 3.33. The fourth-order valence-corrected chi connectivity index (χ4v) is 5.78. The van der Waals surface area contributed by atoms with Crippen LogP contribution in [0.15, 0.2) is 55.3 Å². The molecule has 1 saturated heterocycles. The van der Waals surface area contributed by atoms with Crippen LogP contribution < -0.4 is 10.0 Å². The molecule has 2 heterocycles. The van der Waals surface area contributed by atoms with Crippen LogP contribution in [0.5, 0.6) is 0 Å². The van der Waals surface area contributed by atoms with Gasteiger partial charge in [0.2, 0.25) is 5.91 Å². The second-order valence-corrected chi connectivity index (χ2v) is 10.9. The van der Waals surface area contributed by atoms with Gasteiger partial charge in [-0.05, 0) is 42.1 Å². The van der Waals surface area contributed by atoms with Crippen LogP contribution in [-0.4, -0.2) is 53.6 Å². The first-order valence-electron chi connectivity index (χ1n) is 8.65. The predicted octanol–water partition coefficient (Wildman–Crippen LogP) is 1.48. The van der Waals surface area contributed by atoms with E-state index in [0.717, 1.165) is 24.3 Å². The molecule has 1 aliphatic rings. The minimum atomic E-state index is -3.83. The van der Waals surface area contributed by atoms with Crippen molar-refractivity contribution in [2.45, 2.75) is 21.9 Å². The van der Waals surface area contributed by atoms with E-state index in [4.69, 9.17) is 0 Å². The highest BCUT2D eigenvalue weighted by atomic mass is 32.2. The maximum atomic E-state index is 12.4. The number of nitrogens with one attached hydrogen (secondary N) is 2. The van der Waals surface area contributed by atoms with Crippen LogP contribution in [0.3, 0.4) is 0 Å². The van der Waals surface area contributed by atoms with Crippen LogP contribution in [0, 0.1) is 0 Å². The number of carbonyl (C=O) groups excluding carboxylic acids is 1. The van der Waals surface area contributed by atoms with E-state index < -0.39 is 32.5 Å². The molecule has 12 heteroatoms. The fourth-order valence-electron chi connectivity index (χ4n) is 2.66. The number of benzene rings is 1. The number of amides is 1. The van der Waals surface area contributed by atoms with Crippen molar-refractivity contribution in [3.63, 3.8) is 0 Å². The lowest BCUT2D eigenvalue weighted by molar-refractivity contribution is -0.115. The van der Waals surface area contributed by atoms with Crippen molar-refractivity contribution < 1.29 is 21.6 Å². The molecular formula is C17H20N4O5S3. The molecule has 1 aromatic carbocycles. The number of likely N-dealkylation sites (tertiary alicyclic amines) is 1. The van der Waals surface area contributed by atoms with E-state index in [2.05, 4.69) is 14.4 Å². The van der Waals surface area contributed by atoms with E-state index in [1.807, 2.05) is 4.90 Å². The monoisotopic (exact) mass is 456 g/mol. The van der Waals surface area contributed by atoms with Gasteiger partial charge in [-0.15, -0.1) is 15.7 Å². The summed E-state index contributed by atoms with van der Waals surface area (Å²) in [6, 6.07) is 8.59.